The molecule has 1 aliphatic heterocycles. The molecular formula is C26H46N5O11P. The number of rotatable bonds is 13. The Hall–Kier alpha value is -3.23. The summed E-state index contributed by atoms with van der Waals surface area (Å²) in [5.41, 5.74) is -0.771. The van der Waals surface area contributed by atoms with Gasteiger partial charge in [0.1, 0.15) is 41.7 Å². The standard InChI is InChI=1S/C26H46N5O11P/c1-13(2)22(43(39,40)42-17(6)20(33)28-16(5)24(36)37)30-21(34)18-11-10-12-31(18)23(35)15(4)27-19(32)14(3)29-25(38)41-26(7,8)9/h13-18,22H,10-12H2,1-9H3,(H,27,32)(H,28,33)(H,29,38)(H,30,34)(H,36,37)(H,39,40)/t14-,15-,16-,17-,18-,22+/m0/s1. The average Bonchev–Trinajstić information content (AvgIpc) is 3.34. The summed E-state index contributed by atoms with van der Waals surface area (Å²) in [7, 11) is -4.69. The smallest absolute Gasteiger partial charge is 0.408 e. The second-order valence-electron chi connectivity index (χ2n) is 11.9. The molecular weight excluding hydrogens is 589 g/mol. The molecule has 16 nitrogen and oxygen atoms in total. The van der Waals surface area contributed by atoms with Crippen LogP contribution in [-0.4, -0.2) is 98.8 Å². The molecule has 0 bridgehead atoms. The number of ether oxygens (including phenoxy) is 1. The highest BCUT2D eigenvalue weighted by Crippen LogP contribution is 2.50. The number of carbonyl (C=O) groups is 6. The Balaban J connectivity index is 2.89. The molecule has 1 rings (SSSR count). The van der Waals surface area contributed by atoms with E-state index in [1.807, 2.05) is 0 Å². The number of carbonyl (C=O) groups excluding carboxylic acids is 5. The quantitative estimate of drug-likeness (QED) is 0.154. The van der Waals surface area contributed by atoms with Crippen LogP contribution in [0.4, 0.5) is 4.79 Å². The molecule has 5 amide bonds. The lowest BCUT2D eigenvalue weighted by Crippen LogP contribution is -2.56. The molecule has 6 N–H and O–H groups in total. The largest absolute Gasteiger partial charge is 0.480 e. The van der Waals surface area contributed by atoms with Crippen molar-refractivity contribution < 1.29 is 52.6 Å². The van der Waals surface area contributed by atoms with Crippen LogP contribution >= 0.6 is 7.60 Å². The number of hydrogen-bond acceptors (Lipinski definition) is 9. The SMILES string of the molecule is CC(C)[C@H](NC(=O)[C@@H]1CCCN1C(=O)[C@H](C)NC(=O)[C@H](C)NC(=O)OC(C)(C)C)P(=O)(O)O[C@@H](C)C(=O)N[C@@H](C)C(=O)O. The van der Waals surface area contributed by atoms with Crippen LogP contribution in [0.15, 0.2) is 0 Å². The van der Waals surface area contributed by atoms with Crippen LogP contribution in [0, 0.1) is 5.92 Å². The molecule has 1 aliphatic rings. The lowest BCUT2D eigenvalue weighted by molar-refractivity contribution is -0.142. The summed E-state index contributed by atoms with van der Waals surface area (Å²) in [5.74, 6) is -6.29. The highest BCUT2D eigenvalue weighted by Gasteiger charge is 2.43. The van der Waals surface area contributed by atoms with Gasteiger partial charge in [0, 0.05) is 6.54 Å². The number of carboxylic acids is 1. The summed E-state index contributed by atoms with van der Waals surface area (Å²) < 4.78 is 23.4. The van der Waals surface area contributed by atoms with Gasteiger partial charge < -0.3 is 40.9 Å². The summed E-state index contributed by atoms with van der Waals surface area (Å²) >= 11 is 0. The number of nitrogens with zero attached hydrogens (tertiary/aromatic N) is 1. The van der Waals surface area contributed by atoms with Crippen molar-refractivity contribution in [3.63, 3.8) is 0 Å². The molecule has 0 radical (unpaired) electrons. The molecule has 1 fully saturated rings. The van der Waals surface area contributed by atoms with Gasteiger partial charge >= 0.3 is 19.7 Å². The van der Waals surface area contributed by atoms with Crippen LogP contribution in [0.2, 0.25) is 0 Å². The van der Waals surface area contributed by atoms with Gasteiger partial charge in [-0.2, -0.15) is 0 Å². The third-order valence-corrected chi connectivity index (χ3v) is 8.42. The normalized spacial score (nSPS) is 20.1. The van der Waals surface area contributed by atoms with Gasteiger partial charge in [-0.3, -0.25) is 33.1 Å². The Morgan fingerprint density at radius 2 is 1.42 bits per heavy atom. The molecule has 17 heteroatoms. The first kappa shape index (κ1) is 37.8. The van der Waals surface area contributed by atoms with Crippen LogP contribution in [0.5, 0.6) is 0 Å². The van der Waals surface area contributed by atoms with Gasteiger partial charge in [-0.1, -0.05) is 13.8 Å². The molecule has 246 valence electrons. The molecule has 0 aromatic carbocycles. The first-order valence-electron chi connectivity index (χ1n) is 14.0. The number of alkyl carbamates (subject to hydrolysis) is 1. The predicted molar refractivity (Wildman–Crippen MR) is 154 cm³/mol. The fourth-order valence-electron chi connectivity index (χ4n) is 4.10. The number of hydrogen-bond donors (Lipinski definition) is 6. The molecule has 0 saturated carbocycles. The lowest BCUT2D eigenvalue weighted by Gasteiger charge is -2.32. The first-order valence-corrected chi connectivity index (χ1v) is 15.7. The third kappa shape index (κ3) is 11.8. The fraction of sp³-hybridized carbons (Fsp3) is 0.769. The van der Waals surface area contributed by atoms with Crippen LogP contribution in [0.1, 0.15) is 75.2 Å². The zero-order valence-corrected chi connectivity index (χ0v) is 27.0. The predicted octanol–water partition coefficient (Wildman–Crippen LogP) is 0.673. The van der Waals surface area contributed by atoms with Crippen molar-refractivity contribution in [1.82, 2.24) is 26.2 Å². The number of amides is 5. The molecule has 1 unspecified atom stereocenters. The molecule has 0 aromatic rings. The number of aliphatic carboxylic acids is 1. The van der Waals surface area contributed by atoms with E-state index < -0.39 is 90.9 Å². The molecule has 7 atom stereocenters. The van der Waals surface area contributed by atoms with E-state index in [2.05, 4.69) is 21.3 Å². The highest BCUT2D eigenvalue weighted by molar-refractivity contribution is 7.53. The minimum atomic E-state index is -4.69. The number of likely N-dealkylation sites (tertiary alicyclic amines) is 1. The average molecular weight is 636 g/mol. The van der Waals surface area contributed by atoms with E-state index in [0.717, 1.165) is 0 Å². The third-order valence-electron chi connectivity index (χ3n) is 6.37. The Kier molecular flexibility index (Phi) is 13.6. The van der Waals surface area contributed by atoms with E-state index in [0.29, 0.717) is 6.42 Å². The fourth-order valence-corrected chi connectivity index (χ4v) is 5.83. The van der Waals surface area contributed by atoms with Crippen LogP contribution in [0.25, 0.3) is 0 Å². The Bertz CT molecular complexity index is 1110. The molecule has 0 aliphatic carbocycles. The second kappa shape index (κ2) is 15.5. The molecule has 0 aromatic heterocycles. The highest BCUT2D eigenvalue weighted by atomic mass is 31.2. The van der Waals surface area contributed by atoms with Crippen molar-refractivity contribution >= 4 is 43.3 Å². The van der Waals surface area contributed by atoms with Gasteiger partial charge in [0.05, 0.1) is 0 Å². The minimum Gasteiger partial charge on any atom is -0.480 e. The monoisotopic (exact) mass is 635 g/mol. The van der Waals surface area contributed by atoms with Crippen LogP contribution in [-0.2, 0) is 37.8 Å². The number of nitrogens with one attached hydrogen (secondary N) is 4. The molecule has 43 heavy (non-hydrogen) atoms. The van der Waals surface area contributed by atoms with Crippen molar-refractivity contribution in [2.24, 2.45) is 5.92 Å². The second-order valence-corrected chi connectivity index (χ2v) is 13.8. The maximum atomic E-state index is 13.3. The van der Waals surface area contributed by atoms with Crippen molar-refractivity contribution in [2.45, 2.75) is 117 Å². The molecule has 0 spiro atoms. The van der Waals surface area contributed by atoms with Gasteiger partial charge in [-0.15, -0.1) is 0 Å². The van der Waals surface area contributed by atoms with Gasteiger partial charge in [0.2, 0.25) is 23.6 Å². The number of carboxylic acid groups (broad SMARTS) is 1. The van der Waals surface area contributed by atoms with Crippen LogP contribution in [0.3, 0.4) is 0 Å². The summed E-state index contributed by atoms with van der Waals surface area (Å²) in [6.45, 7) is 13.5. The minimum absolute atomic E-state index is 0.196. The van der Waals surface area contributed by atoms with E-state index in [9.17, 15) is 38.2 Å². The van der Waals surface area contributed by atoms with Crippen molar-refractivity contribution in [2.75, 3.05) is 6.54 Å². The molecule has 1 heterocycles. The summed E-state index contributed by atoms with van der Waals surface area (Å²) in [6.07, 6.45) is -1.61. The van der Waals surface area contributed by atoms with E-state index in [4.69, 9.17) is 14.4 Å². The summed E-state index contributed by atoms with van der Waals surface area (Å²) in [6, 6.07) is -4.36. The van der Waals surface area contributed by atoms with Gasteiger partial charge in [0.15, 0.2) is 0 Å². The van der Waals surface area contributed by atoms with E-state index in [1.165, 1.54) is 32.6 Å². The van der Waals surface area contributed by atoms with E-state index in [-0.39, 0.29) is 13.0 Å². The van der Waals surface area contributed by atoms with Gasteiger partial charge in [0.25, 0.3) is 0 Å². The van der Waals surface area contributed by atoms with Gasteiger partial charge in [-0.25, -0.2) is 4.79 Å². The Morgan fingerprint density at radius 1 is 0.860 bits per heavy atom. The molecule has 1 saturated heterocycles. The zero-order chi connectivity index (χ0) is 33.4. The van der Waals surface area contributed by atoms with Crippen LogP contribution < -0.4 is 21.3 Å². The van der Waals surface area contributed by atoms with Crippen molar-refractivity contribution in [3.05, 3.63) is 0 Å². The lowest BCUT2D eigenvalue weighted by atomic mass is 10.1. The first-order chi connectivity index (χ1) is 19.6. The maximum absolute atomic E-state index is 13.3. The Morgan fingerprint density at radius 3 is 1.93 bits per heavy atom. The summed E-state index contributed by atoms with van der Waals surface area (Å²) in [5, 5.41) is 18.5. The van der Waals surface area contributed by atoms with Crippen molar-refractivity contribution in [3.8, 4) is 0 Å². The zero-order valence-electron chi connectivity index (χ0n) is 26.1. The van der Waals surface area contributed by atoms with Crippen molar-refractivity contribution in [1.29, 1.82) is 0 Å². The van der Waals surface area contributed by atoms with Gasteiger partial charge in [-0.05, 0) is 67.2 Å². The van der Waals surface area contributed by atoms with E-state index >= 15 is 0 Å². The summed E-state index contributed by atoms with van der Waals surface area (Å²) in [4.78, 5) is 86.2. The van der Waals surface area contributed by atoms with E-state index in [1.54, 1.807) is 34.6 Å². The maximum Gasteiger partial charge on any atom is 0.408 e. The topological polar surface area (TPSA) is 230 Å². The Labute approximate surface area is 251 Å².